The fourth-order valence-corrected chi connectivity index (χ4v) is 20.5. The third-order valence-electron chi connectivity index (χ3n) is 19.9. The molecule has 0 N–H and O–H groups in total. The maximum absolute atomic E-state index is 16.3. The first-order valence-electron chi connectivity index (χ1n) is 37.5. The van der Waals surface area contributed by atoms with E-state index in [0.29, 0.717) is 36.1 Å². The van der Waals surface area contributed by atoms with Crippen LogP contribution in [0.1, 0.15) is 296 Å². The highest BCUT2D eigenvalue weighted by Crippen LogP contribution is 2.52. The first kappa shape index (κ1) is 74.4. The minimum absolute atomic E-state index is 0.0383. The highest BCUT2D eigenvalue weighted by molar-refractivity contribution is 7.27. The SMILES string of the molecule is CCCCCCCCC(CCCCCC)CN1C(=O)C2=C(c3ccc(-c4ccc(-c5cc(CC[C@@H](C)CCCC(C)C)cs5)s4)s3)N(CC(CCCCCC)CCCCCCCC)C(=O)C2=C1c1ccc(-c2ccc(-c3cc(CC[C@@H](C)CCCC(C)C)cs3)s2)s1. The van der Waals surface area contributed by atoms with Crippen LogP contribution in [0, 0.1) is 35.5 Å². The van der Waals surface area contributed by atoms with Crippen molar-refractivity contribution in [3.63, 3.8) is 0 Å². The Morgan fingerprint density at radius 2 is 0.620 bits per heavy atom. The molecule has 0 aromatic carbocycles. The Bertz CT molecular complexity index is 2960. The van der Waals surface area contributed by atoms with Crippen molar-refractivity contribution in [2.24, 2.45) is 35.5 Å². The maximum Gasteiger partial charge on any atom is 0.261 e. The van der Waals surface area contributed by atoms with Gasteiger partial charge in [0.15, 0.2) is 0 Å². The van der Waals surface area contributed by atoms with Gasteiger partial charge in [-0.15, -0.1) is 68.0 Å². The summed E-state index contributed by atoms with van der Waals surface area (Å²) in [6, 6.07) is 23.2. The zero-order chi connectivity index (χ0) is 65.2. The van der Waals surface area contributed by atoms with Gasteiger partial charge in [-0.25, -0.2) is 0 Å². The van der Waals surface area contributed by atoms with Gasteiger partial charge in [-0.1, -0.05) is 236 Å². The van der Waals surface area contributed by atoms with Crippen molar-refractivity contribution in [1.29, 1.82) is 0 Å². The summed E-state index contributed by atoms with van der Waals surface area (Å²) in [6.07, 6.45) is 42.1. The monoisotopic (exact) mass is 1360 g/mol. The second kappa shape index (κ2) is 39.7. The number of rotatable bonds is 48. The Kier molecular flexibility index (Phi) is 32.1. The van der Waals surface area contributed by atoms with E-state index in [1.807, 2.05) is 45.3 Å². The molecule has 0 radical (unpaired) electrons. The molecule has 0 spiro atoms. The van der Waals surface area contributed by atoms with E-state index in [1.54, 1.807) is 22.7 Å². The molecule has 0 aliphatic carbocycles. The van der Waals surface area contributed by atoms with Crippen molar-refractivity contribution in [2.45, 2.75) is 288 Å². The van der Waals surface area contributed by atoms with Gasteiger partial charge in [0.2, 0.25) is 0 Å². The Morgan fingerprint density at radius 1 is 0.326 bits per heavy atom. The van der Waals surface area contributed by atoms with Gasteiger partial charge in [0.05, 0.1) is 32.3 Å². The van der Waals surface area contributed by atoms with Gasteiger partial charge in [0, 0.05) is 52.1 Å². The Balaban J connectivity index is 1.15. The Hall–Kier alpha value is -3.38. The van der Waals surface area contributed by atoms with Crippen LogP contribution >= 0.6 is 68.0 Å². The summed E-state index contributed by atoms with van der Waals surface area (Å²) in [5.41, 5.74) is 5.98. The molecule has 6 aromatic heterocycles. The minimum atomic E-state index is 0.0383. The Labute approximate surface area is 584 Å². The van der Waals surface area contributed by atoms with Gasteiger partial charge < -0.3 is 9.80 Å². The molecule has 92 heavy (non-hydrogen) atoms. The van der Waals surface area contributed by atoms with Crippen LogP contribution in [-0.4, -0.2) is 34.7 Å². The quantitative estimate of drug-likeness (QED) is 0.0357. The summed E-state index contributed by atoms with van der Waals surface area (Å²) in [5.74, 6) is 3.87. The standard InChI is InChI=1S/C82H120N2O2S6/c1-11-15-19-23-25-29-39-63(37-27-21-17-13-3)55-83-79(73-51-49-69(91-73)67-45-47-71(89-67)75-53-65(57-87-75)43-41-61(9)35-31-33-59(5)6)77-78(81(83)85)80(84(82(77)86)56-64(38-28-22-18-14-4)40-30-26-24-20-16-12-2)74-52-50-70(92-74)68-46-48-72(90-68)76-54-66(58-88-76)44-42-62(10)36-32-34-60(7)8/h45-54,57-64H,11-44,55-56H2,1-10H3/t61-,62-,63?,64?/m0/s1. The summed E-state index contributed by atoms with van der Waals surface area (Å²) in [4.78, 5) is 49.2. The molecular formula is C82H120N2O2S6. The van der Waals surface area contributed by atoms with Crippen molar-refractivity contribution in [2.75, 3.05) is 13.1 Å². The van der Waals surface area contributed by atoms with Gasteiger partial charge in [-0.05, 0) is 169 Å². The predicted octanol–water partition coefficient (Wildman–Crippen LogP) is 28.0. The van der Waals surface area contributed by atoms with Gasteiger partial charge in [0.1, 0.15) is 0 Å². The molecule has 2 aliphatic rings. The number of aryl methyl sites for hydroxylation is 2. The van der Waals surface area contributed by atoms with Crippen LogP contribution in [0.5, 0.6) is 0 Å². The van der Waals surface area contributed by atoms with E-state index in [4.69, 9.17) is 0 Å². The van der Waals surface area contributed by atoms with Crippen molar-refractivity contribution in [1.82, 2.24) is 9.80 Å². The molecule has 0 bridgehead atoms. The molecule has 0 fully saturated rings. The van der Waals surface area contributed by atoms with Crippen molar-refractivity contribution >= 4 is 91.2 Å². The van der Waals surface area contributed by atoms with Crippen molar-refractivity contribution in [3.05, 3.63) is 103 Å². The lowest BCUT2D eigenvalue weighted by molar-refractivity contribution is -0.124. The van der Waals surface area contributed by atoms with Crippen LogP contribution in [0.2, 0.25) is 0 Å². The van der Waals surface area contributed by atoms with E-state index in [1.165, 1.54) is 230 Å². The van der Waals surface area contributed by atoms with Crippen molar-refractivity contribution < 1.29 is 9.59 Å². The number of amides is 2. The summed E-state index contributed by atoms with van der Waals surface area (Å²) >= 11 is 11.1. The summed E-state index contributed by atoms with van der Waals surface area (Å²) < 4.78 is 0. The number of nitrogens with zero attached hydrogens (tertiary/aromatic N) is 2. The van der Waals surface area contributed by atoms with E-state index < -0.39 is 0 Å². The second-order valence-corrected chi connectivity index (χ2v) is 35.2. The lowest BCUT2D eigenvalue weighted by Crippen LogP contribution is -2.34. The molecular weight excluding hydrogens is 1240 g/mol. The van der Waals surface area contributed by atoms with Crippen LogP contribution in [0.4, 0.5) is 0 Å². The molecule has 10 heteroatoms. The summed E-state index contributed by atoms with van der Waals surface area (Å²) in [6.45, 7) is 24.8. The third-order valence-corrected chi connectivity index (χ3v) is 27.0. The van der Waals surface area contributed by atoms with E-state index in [2.05, 4.69) is 150 Å². The fourth-order valence-electron chi connectivity index (χ4n) is 14.1. The largest absolute Gasteiger partial charge is 0.306 e. The number of fused-ring (bicyclic) bond motifs is 1. The van der Waals surface area contributed by atoms with Crippen LogP contribution in [0.25, 0.3) is 50.4 Å². The minimum Gasteiger partial charge on any atom is -0.306 e. The van der Waals surface area contributed by atoms with Crippen LogP contribution in [0.15, 0.2) is 82.6 Å². The first-order valence-corrected chi connectivity index (χ1v) is 42.5. The van der Waals surface area contributed by atoms with E-state index in [-0.39, 0.29) is 11.8 Å². The predicted molar refractivity (Wildman–Crippen MR) is 412 cm³/mol. The number of carbonyl (C=O) groups excluding carboxylic acids is 2. The highest BCUT2D eigenvalue weighted by Gasteiger charge is 2.50. The van der Waals surface area contributed by atoms with E-state index in [0.717, 1.165) is 83.3 Å². The van der Waals surface area contributed by atoms with Crippen molar-refractivity contribution in [3.8, 4) is 39.0 Å². The average Bonchev–Trinajstić information content (AvgIpc) is 1.55. The second-order valence-electron chi connectivity index (χ2n) is 29.1. The maximum atomic E-state index is 16.3. The lowest BCUT2D eigenvalue weighted by Gasteiger charge is -2.29. The number of unbranched alkanes of at least 4 members (excludes halogenated alkanes) is 16. The van der Waals surface area contributed by atoms with Crippen LogP contribution in [-0.2, 0) is 22.4 Å². The number of thiophene rings is 6. The zero-order valence-electron chi connectivity index (χ0n) is 59.0. The van der Waals surface area contributed by atoms with E-state index in [9.17, 15) is 0 Å². The van der Waals surface area contributed by atoms with Gasteiger partial charge >= 0.3 is 0 Å². The number of hydrogen-bond acceptors (Lipinski definition) is 8. The molecule has 0 saturated carbocycles. The van der Waals surface area contributed by atoms with Gasteiger partial charge in [-0.3, -0.25) is 9.59 Å². The molecule has 8 rings (SSSR count). The molecule has 2 unspecified atom stereocenters. The molecule has 0 saturated heterocycles. The number of hydrogen-bond donors (Lipinski definition) is 0. The molecule has 2 aliphatic heterocycles. The molecule has 8 heterocycles. The van der Waals surface area contributed by atoms with Gasteiger partial charge in [-0.2, -0.15) is 0 Å². The molecule has 4 atom stereocenters. The normalized spacial score (nSPS) is 15.0. The molecule has 506 valence electrons. The molecule has 2 amide bonds. The van der Waals surface area contributed by atoms with E-state index >= 15 is 9.59 Å². The van der Waals surface area contributed by atoms with Crippen LogP contribution in [0.3, 0.4) is 0 Å². The highest BCUT2D eigenvalue weighted by atomic mass is 32.1. The van der Waals surface area contributed by atoms with Gasteiger partial charge in [0.25, 0.3) is 11.8 Å². The molecule has 4 nitrogen and oxygen atoms in total. The summed E-state index contributed by atoms with van der Waals surface area (Å²) in [5, 5.41) is 4.78. The average molecular weight is 1360 g/mol. The molecule has 6 aromatic rings. The first-order chi connectivity index (χ1) is 44.8. The lowest BCUT2D eigenvalue weighted by atomic mass is 9.93. The van der Waals surface area contributed by atoms with Crippen LogP contribution < -0.4 is 0 Å². The summed E-state index contributed by atoms with van der Waals surface area (Å²) in [7, 11) is 0. The Morgan fingerprint density at radius 3 is 0.957 bits per heavy atom. The zero-order valence-corrected chi connectivity index (χ0v) is 63.9. The fraction of sp³-hybridized carbons (Fsp3) is 0.634. The third kappa shape index (κ3) is 22.3. The smallest absolute Gasteiger partial charge is 0.261 e. The number of carbonyl (C=O) groups is 2. The topological polar surface area (TPSA) is 40.6 Å².